The predicted octanol–water partition coefficient (Wildman–Crippen LogP) is 3.52. The Morgan fingerprint density at radius 2 is 1.35 bits per heavy atom. The molecule has 2 aromatic carbocycles. The van der Waals surface area contributed by atoms with Gasteiger partial charge in [0.25, 0.3) is 5.91 Å². The Kier molecular flexibility index (Phi) is 7.78. The van der Waals surface area contributed by atoms with E-state index in [1.807, 2.05) is 12.1 Å². The molecule has 0 unspecified atom stereocenters. The molecule has 3 N–H and O–H groups in total. The zero-order chi connectivity index (χ0) is 22.2. The quantitative estimate of drug-likeness (QED) is 0.637. The number of carbonyl (C=O) groups is 3. The highest BCUT2D eigenvalue weighted by molar-refractivity contribution is 5.99. The Labute approximate surface area is 183 Å². The van der Waals surface area contributed by atoms with Crippen LogP contribution in [-0.2, 0) is 22.7 Å². The number of nitrogens with zero attached hydrogens (tertiary/aromatic N) is 1. The van der Waals surface area contributed by atoms with Gasteiger partial charge in [0.2, 0.25) is 11.8 Å². The number of hydrogen-bond donors (Lipinski definition) is 3. The van der Waals surface area contributed by atoms with Gasteiger partial charge in [-0.15, -0.1) is 0 Å². The molecule has 1 aliphatic rings. The van der Waals surface area contributed by atoms with Crippen molar-refractivity contribution in [2.45, 2.75) is 46.2 Å². The molecule has 0 radical (unpaired) electrons. The van der Waals surface area contributed by atoms with Crippen molar-refractivity contribution in [2.75, 3.05) is 23.7 Å². The van der Waals surface area contributed by atoms with Gasteiger partial charge in [-0.1, -0.05) is 30.7 Å². The number of piperidine rings is 1. The van der Waals surface area contributed by atoms with Gasteiger partial charge in [0.15, 0.2) is 0 Å². The first-order valence-electron chi connectivity index (χ1n) is 10.7. The molecule has 0 bridgehead atoms. The highest BCUT2D eigenvalue weighted by Gasteiger charge is 2.12. The van der Waals surface area contributed by atoms with E-state index in [-0.39, 0.29) is 17.7 Å². The lowest BCUT2D eigenvalue weighted by atomic mass is 10.1. The van der Waals surface area contributed by atoms with Crippen LogP contribution in [0.4, 0.5) is 11.4 Å². The van der Waals surface area contributed by atoms with Crippen LogP contribution < -0.4 is 16.0 Å². The minimum atomic E-state index is -0.281. The molecule has 1 heterocycles. The van der Waals surface area contributed by atoms with Gasteiger partial charge in [-0.05, 0) is 55.3 Å². The van der Waals surface area contributed by atoms with Gasteiger partial charge in [0.05, 0.1) is 0 Å². The normalized spacial score (nSPS) is 14.0. The fourth-order valence-electron chi connectivity index (χ4n) is 3.73. The lowest BCUT2D eigenvalue weighted by molar-refractivity contribution is -0.115. The molecular weight excluding hydrogens is 392 g/mol. The van der Waals surface area contributed by atoms with Crippen LogP contribution in [-0.4, -0.2) is 35.7 Å². The molecule has 1 saturated heterocycles. The van der Waals surface area contributed by atoms with Gasteiger partial charge in [-0.25, -0.2) is 0 Å². The van der Waals surface area contributed by atoms with Crippen molar-refractivity contribution < 1.29 is 14.4 Å². The number of hydrogen-bond acceptors (Lipinski definition) is 4. The van der Waals surface area contributed by atoms with Crippen LogP contribution >= 0.6 is 0 Å². The SMILES string of the molecule is CC(=O)Nc1cc(NC(C)=O)cc(C(=O)NCc2ccc(CN3CCCCC3)cc2)c1. The number of amides is 3. The molecule has 3 amide bonds. The molecule has 0 aromatic heterocycles. The van der Waals surface area contributed by atoms with Gasteiger partial charge in [0, 0.05) is 43.9 Å². The van der Waals surface area contributed by atoms with E-state index in [1.54, 1.807) is 18.2 Å². The number of rotatable bonds is 7. The Balaban J connectivity index is 1.61. The first-order valence-corrected chi connectivity index (χ1v) is 10.7. The van der Waals surface area contributed by atoms with Crippen molar-refractivity contribution in [3.05, 3.63) is 59.2 Å². The van der Waals surface area contributed by atoms with Crippen LogP contribution in [0.1, 0.15) is 54.6 Å². The molecule has 0 saturated carbocycles. The molecule has 0 atom stereocenters. The number of anilines is 2. The summed E-state index contributed by atoms with van der Waals surface area (Å²) in [5.74, 6) is -0.789. The van der Waals surface area contributed by atoms with E-state index >= 15 is 0 Å². The molecule has 31 heavy (non-hydrogen) atoms. The molecule has 0 spiro atoms. The largest absolute Gasteiger partial charge is 0.348 e. The van der Waals surface area contributed by atoms with Gasteiger partial charge < -0.3 is 16.0 Å². The average molecular weight is 423 g/mol. The Bertz CT molecular complexity index is 900. The maximum Gasteiger partial charge on any atom is 0.251 e. The van der Waals surface area contributed by atoms with Crippen molar-refractivity contribution in [2.24, 2.45) is 0 Å². The summed E-state index contributed by atoms with van der Waals surface area (Å²) in [7, 11) is 0. The highest BCUT2D eigenvalue weighted by atomic mass is 16.2. The second-order valence-corrected chi connectivity index (χ2v) is 8.00. The molecule has 3 rings (SSSR count). The maximum atomic E-state index is 12.7. The minimum absolute atomic E-state index is 0.254. The van der Waals surface area contributed by atoms with Crippen LogP contribution in [0.2, 0.25) is 0 Å². The van der Waals surface area contributed by atoms with Crippen molar-refractivity contribution in [3.8, 4) is 0 Å². The maximum absolute atomic E-state index is 12.7. The first kappa shape index (κ1) is 22.5. The van der Waals surface area contributed by atoms with Gasteiger partial charge >= 0.3 is 0 Å². The molecule has 1 fully saturated rings. The summed E-state index contributed by atoms with van der Waals surface area (Å²) in [5, 5.41) is 8.21. The number of likely N-dealkylation sites (tertiary alicyclic amines) is 1. The summed E-state index contributed by atoms with van der Waals surface area (Å²) in [6, 6.07) is 13.1. The lowest BCUT2D eigenvalue weighted by Crippen LogP contribution is -2.29. The van der Waals surface area contributed by atoms with Crippen LogP contribution in [0, 0.1) is 0 Å². The summed E-state index contributed by atoms with van der Waals surface area (Å²) >= 11 is 0. The topological polar surface area (TPSA) is 90.5 Å². The molecular formula is C24H30N4O3. The summed E-state index contributed by atoms with van der Waals surface area (Å²) in [6.07, 6.45) is 3.88. The van der Waals surface area contributed by atoms with Crippen molar-refractivity contribution in [1.82, 2.24) is 10.2 Å². The highest BCUT2D eigenvalue weighted by Crippen LogP contribution is 2.20. The zero-order valence-electron chi connectivity index (χ0n) is 18.2. The summed E-state index contributed by atoms with van der Waals surface area (Å²) in [4.78, 5) is 37.9. The van der Waals surface area contributed by atoms with Crippen LogP contribution in [0.3, 0.4) is 0 Å². The van der Waals surface area contributed by atoms with Crippen LogP contribution in [0.25, 0.3) is 0 Å². The molecule has 164 valence electrons. The van der Waals surface area contributed by atoms with E-state index in [1.165, 1.54) is 38.7 Å². The van der Waals surface area contributed by atoms with Crippen molar-refractivity contribution in [3.63, 3.8) is 0 Å². The Morgan fingerprint density at radius 3 is 1.90 bits per heavy atom. The first-order chi connectivity index (χ1) is 14.9. The Morgan fingerprint density at radius 1 is 0.806 bits per heavy atom. The van der Waals surface area contributed by atoms with Gasteiger partial charge in [-0.2, -0.15) is 0 Å². The third-order valence-corrected chi connectivity index (χ3v) is 5.17. The van der Waals surface area contributed by atoms with E-state index in [9.17, 15) is 14.4 Å². The third-order valence-electron chi connectivity index (χ3n) is 5.17. The molecule has 1 aliphatic heterocycles. The number of benzene rings is 2. The van der Waals surface area contributed by atoms with E-state index in [2.05, 4.69) is 33.0 Å². The predicted molar refractivity (Wildman–Crippen MR) is 122 cm³/mol. The number of carbonyl (C=O) groups excluding carboxylic acids is 3. The standard InChI is InChI=1S/C24H30N4O3/c1-17(29)26-22-12-21(13-23(14-22)27-18(2)30)24(31)25-15-19-6-8-20(9-7-19)16-28-10-4-3-5-11-28/h6-9,12-14H,3-5,10-11,15-16H2,1-2H3,(H,25,31)(H,26,29)(H,27,30). The Hall–Kier alpha value is -3.19. The van der Waals surface area contributed by atoms with E-state index in [4.69, 9.17) is 0 Å². The summed E-state index contributed by atoms with van der Waals surface area (Å²) in [6.45, 7) is 6.46. The summed E-state index contributed by atoms with van der Waals surface area (Å²) in [5.41, 5.74) is 3.55. The molecule has 7 heteroatoms. The van der Waals surface area contributed by atoms with E-state index < -0.39 is 0 Å². The fraction of sp³-hybridized carbons (Fsp3) is 0.375. The fourth-order valence-corrected chi connectivity index (χ4v) is 3.73. The van der Waals surface area contributed by atoms with E-state index in [0.717, 1.165) is 25.2 Å². The van der Waals surface area contributed by atoms with Crippen molar-refractivity contribution >= 4 is 29.1 Å². The monoisotopic (exact) mass is 422 g/mol. The molecule has 0 aliphatic carbocycles. The van der Waals surface area contributed by atoms with Crippen molar-refractivity contribution in [1.29, 1.82) is 0 Å². The summed E-state index contributed by atoms with van der Waals surface area (Å²) < 4.78 is 0. The number of nitrogens with one attached hydrogen (secondary N) is 3. The van der Waals surface area contributed by atoms with Gasteiger partial charge in [0.1, 0.15) is 0 Å². The average Bonchev–Trinajstić information content (AvgIpc) is 2.72. The second-order valence-electron chi connectivity index (χ2n) is 8.00. The lowest BCUT2D eigenvalue weighted by Gasteiger charge is -2.26. The van der Waals surface area contributed by atoms with Gasteiger partial charge in [-0.3, -0.25) is 19.3 Å². The molecule has 7 nitrogen and oxygen atoms in total. The second kappa shape index (κ2) is 10.7. The molecule has 2 aromatic rings. The zero-order valence-corrected chi connectivity index (χ0v) is 18.2. The van der Waals surface area contributed by atoms with Crippen LogP contribution in [0.15, 0.2) is 42.5 Å². The smallest absolute Gasteiger partial charge is 0.251 e. The van der Waals surface area contributed by atoms with Crippen LogP contribution in [0.5, 0.6) is 0 Å². The third kappa shape index (κ3) is 7.22. The minimum Gasteiger partial charge on any atom is -0.348 e. The van der Waals surface area contributed by atoms with E-state index in [0.29, 0.717) is 23.5 Å².